The van der Waals surface area contributed by atoms with Gasteiger partial charge in [0.1, 0.15) is 18.1 Å². The van der Waals surface area contributed by atoms with Gasteiger partial charge in [-0.1, -0.05) is 41.9 Å². The zero-order valence-electron chi connectivity index (χ0n) is 20.5. The highest BCUT2D eigenvalue weighted by Crippen LogP contribution is 2.26. The van der Waals surface area contributed by atoms with Crippen LogP contribution in [0.3, 0.4) is 0 Å². The molecule has 0 bridgehead atoms. The Morgan fingerprint density at radius 2 is 1.79 bits per heavy atom. The molecule has 0 aliphatic heterocycles. The van der Waals surface area contributed by atoms with Crippen LogP contribution in [0.5, 0.6) is 0 Å². The van der Waals surface area contributed by atoms with E-state index in [9.17, 15) is 18.6 Å². The van der Waals surface area contributed by atoms with Gasteiger partial charge in [0.15, 0.2) is 0 Å². The summed E-state index contributed by atoms with van der Waals surface area (Å²) in [5.41, 5.74) is 1.48. The molecule has 3 rings (SSSR count). The van der Waals surface area contributed by atoms with Crippen LogP contribution in [0.2, 0.25) is 5.02 Å². The van der Waals surface area contributed by atoms with Gasteiger partial charge in [0.25, 0.3) is 0 Å². The molecule has 0 aromatic heterocycles. The lowest BCUT2D eigenvalue weighted by molar-refractivity contribution is -0.124. The maximum atomic E-state index is 13.2. The van der Waals surface area contributed by atoms with Crippen molar-refractivity contribution < 1.29 is 23.7 Å². The second-order valence-corrected chi connectivity index (χ2v) is 9.92. The molecule has 0 fully saturated rings. The fraction of sp³-hybridized carbons (Fsp3) is 0.115. The zero-order valence-corrected chi connectivity index (χ0v) is 22.1. The van der Waals surface area contributed by atoms with E-state index >= 15 is 0 Å². The zero-order chi connectivity index (χ0) is 28.4. The van der Waals surface area contributed by atoms with Gasteiger partial charge in [0.05, 0.1) is 26.9 Å². The molecule has 0 radical (unpaired) electrons. The summed E-state index contributed by atoms with van der Waals surface area (Å²) in [5.74, 6) is 3.17. The molecule has 13 heteroatoms. The molecule has 2 atom stereocenters. The Kier molecular flexibility index (Phi) is 10.4. The lowest BCUT2D eigenvalue weighted by Crippen LogP contribution is -2.46. The van der Waals surface area contributed by atoms with E-state index in [1.165, 1.54) is 42.5 Å². The molecule has 2 amide bonds. The lowest BCUT2D eigenvalue weighted by atomic mass is 10.0. The van der Waals surface area contributed by atoms with Crippen molar-refractivity contribution in [2.75, 3.05) is 16.1 Å². The molecule has 5 N–H and O–H groups in total. The van der Waals surface area contributed by atoms with Gasteiger partial charge >= 0.3 is 5.97 Å². The largest absolute Gasteiger partial charge is 0.478 e. The molecule has 0 aliphatic rings. The van der Waals surface area contributed by atoms with Crippen molar-refractivity contribution in [3.63, 3.8) is 0 Å². The first-order chi connectivity index (χ1) is 18.7. The van der Waals surface area contributed by atoms with Gasteiger partial charge in [-0.3, -0.25) is 18.8 Å². The summed E-state index contributed by atoms with van der Waals surface area (Å²) in [5, 5.41) is 22.7. The van der Waals surface area contributed by atoms with Crippen molar-refractivity contribution in [1.29, 1.82) is 0 Å². The highest BCUT2D eigenvalue weighted by Gasteiger charge is 2.24. The number of nitrogens with zero attached hydrogens (tertiary/aromatic N) is 3. The van der Waals surface area contributed by atoms with Crippen LogP contribution in [0, 0.1) is 0 Å². The number of hydrogen-bond acceptors (Lipinski definition) is 7. The highest BCUT2D eigenvalue weighted by molar-refractivity contribution is 7.86. The number of hydrogen-bond donors (Lipinski definition) is 4. The molecule has 0 spiro atoms. The van der Waals surface area contributed by atoms with Crippen molar-refractivity contribution in [1.82, 2.24) is 5.32 Å². The van der Waals surface area contributed by atoms with Gasteiger partial charge in [0, 0.05) is 23.8 Å². The van der Waals surface area contributed by atoms with Gasteiger partial charge in [-0.05, 0) is 48.0 Å². The molecule has 0 heterocycles. The van der Waals surface area contributed by atoms with Crippen LogP contribution in [-0.4, -0.2) is 51.9 Å². The first kappa shape index (κ1) is 29.2. The number of carboxylic acid groups (broad SMARTS) is 1. The van der Waals surface area contributed by atoms with Gasteiger partial charge in [-0.15, -0.1) is 5.10 Å². The number of benzene rings is 3. The third-order valence-electron chi connectivity index (χ3n) is 5.30. The number of carbonyl (C=O) groups is 3. The number of nitrogens with two attached hydrogens (primary N) is 1. The quantitative estimate of drug-likeness (QED) is 0.113. The molecular weight excluding hydrogens is 544 g/mol. The van der Waals surface area contributed by atoms with Gasteiger partial charge < -0.3 is 15.7 Å². The second kappa shape index (κ2) is 14.0. The summed E-state index contributed by atoms with van der Waals surface area (Å²) >= 11 is 6.08. The molecule has 0 aliphatic carbocycles. The molecule has 0 saturated carbocycles. The average molecular weight is 569 g/mol. The van der Waals surface area contributed by atoms with Gasteiger partial charge in [0.2, 0.25) is 11.8 Å². The Morgan fingerprint density at radius 1 is 1.10 bits per heavy atom. The molecule has 0 saturated heterocycles. The molecule has 3 aromatic rings. The fourth-order valence-corrected chi connectivity index (χ4v) is 4.83. The van der Waals surface area contributed by atoms with Crippen LogP contribution in [0.1, 0.15) is 15.9 Å². The first-order valence-electron chi connectivity index (χ1n) is 11.4. The monoisotopic (exact) mass is 568 g/mol. The van der Waals surface area contributed by atoms with E-state index in [2.05, 4.69) is 27.6 Å². The number of carboxylic acids is 1. The van der Waals surface area contributed by atoms with Crippen LogP contribution in [0.4, 0.5) is 11.4 Å². The number of anilines is 2. The number of carbonyl (C=O) groups excluding carboxylic acids is 2. The normalized spacial score (nSPS) is 12.4. The van der Waals surface area contributed by atoms with Crippen LogP contribution in [0.25, 0.3) is 0 Å². The molecular formula is C26H25ClN6O5S. The van der Waals surface area contributed by atoms with Crippen LogP contribution >= 0.6 is 11.6 Å². The minimum Gasteiger partial charge on any atom is -0.478 e. The van der Waals surface area contributed by atoms with Crippen molar-refractivity contribution >= 4 is 64.6 Å². The third-order valence-corrected chi connectivity index (χ3v) is 6.88. The maximum absolute atomic E-state index is 13.2. The minimum absolute atomic E-state index is 0.0630. The highest BCUT2D eigenvalue weighted by atomic mass is 35.5. The minimum atomic E-state index is -1.90. The smallest absolute Gasteiger partial charge is 0.335 e. The van der Waals surface area contributed by atoms with E-state index in [-0.39, 0.29) is 27.6 Å². The summed E-state index contributed by atoms with van der Waals surface area (Å²) in [7, 11) is -1.90. The van der Waals surface area contributed by atoms with Crippen LogP contribution in [-0.2, 0) is 26.8 Å². The summed E-state index contributed by atoms with van der Waals surface area (Å²) < 4.78 is 13.2. The molecule has 11 nitrogen and oxygen atoms in total. The Morgan fingerprint density at radius 3 is 2.44 bits per heavy atom. The fourth-order valence-electron chi connectivity index (χ4n) is 3.46. The van der Waals surface area contributed by atoms with Crippen molar-refractivity contribution in [2.24, 2.45) is 16.0 Å². The number of rotatable bonds is 12. The molecule has 202 valence electrons. The van der Waals surface area contributed by atoms with E-state index in [1.54, 1.807) is 24.3 Å². The number of halogens is 1. The predicted octanol–water partition coefficient (Wildman–Crippen LogP) is 2.84. The van der Waals surface area contributed by atoms with E-state index in [0.717, 1.165) is 16.9 Å². The van der Waals surface area contributed by atoms with Gasteiger partial charge in [-0.25, -0.2) is 10.6 Å². The summed E-state index contributed by atoms with van der Waals surface area (Å²) in [6.45, 7) is 3.23. The topological polar surface area (TPSA) is 167 Å². The van der Waals surface area contributed by atoms with E-state index in [1.807, 2.05) is 6.07 Å². The van der Waals surface area contributed by atoms with E-state index in [4.69, 9.17) is 22.6 Å². The third kappa shape index (κ3) is 8.57. The van der Waals surface area contributed by atoms with E-state index < -0.39 is 40.4 Å². The summed E-state index contributed by atoms with van der Waals surface area (Å²) in [6, 6.07) is 18.1. The molecule has 39 heavy (non-hydrogen) atoms. The van der Waals surface area contributed by atoms with E-state index in [0.29, 0.717) is 5.69 Å². The Labute approximate surface area is 231 Å². The lowest BCUT2D eigenvalue weighted by Gasteiger charge is -2.20. The molecule has 1 unspecified atom stereocenters. The number of amides is 2. The van der Waals surface area contributed by atoms with Crippen LogP contribution < -0.4 is 21.5 Å². The van der Waals surface area contributed by atoms with Crippen molar-refractivity contribution in [3.05, 3.63) is 88.9 Å². The second-order valence-electron chi connectivity index (χ2n) is 8.06. The van der Waals surface area contributed by atoms with Crippen molar-refractivity contribution in [3.8, 4) is 0 Å². The number of hydrazine groups is 1. The SMILES string of the molecule is C=N/N=C\N(N)c1ccc(Cl)cc1S(=O)CC(=O)N[C@@H](Cc1ccccc1)C(=O)Nc1ccc(C(=O)O)cc1. The van der Waals surface area contributed by atoms with Gasteiger partial charge in [-0.2, -0.15) is 5.10 Å². The number of nitrogens with one attached hydrogen (secondary N) is 2. The Bertz CT molecular complexity index is 1400. The van der Waals surface area contributed by atoms with Crippen molar-refractivity contribution in [2.45, 2.75) is 17.4 Å². The summed E-state index contributed by atoms with van der Waals surface area (Å²) in [4.78, 5) is 37.4. The average Bonchev–Trinajstić information content (AvgIpc) is 2.92. The Balaban J connectivity index is 1.77. The summed E-state index contributed by atoms with van der Waals surface area (Å²) in [6.07, 6.45) is 1.31. The van der Waals surface area contributed by atoms with Crippen LogP contribution in [0.15, 0.2) is 87.9 Å². The predicted molar refractivity (Wildman–Crippen MR) is 152 cm³/mol. The maximum Gasteiger partial charge on any atom is 0.335 e. The standard InChI is InChI=1S/C26H25ClN6O5S/c1-29-30-16-33(28)22-12-9-19(27)14-23(22)39(38)15-24(34)32-21(13-17-5-3-2-4-6-17)25(35)31-20-10-7-18(8-11-20)26(36)37/h2-12,14,16,21H,1,13,15,28H2,(H,31,35)(H,32,34)(H,36,37)/b30-16-/t21-,39?/m0/s1. The molecule has 3 aromatic carbocycles. The Hall–Kier alpha value is -4.39. The first-order valence-corrected chi connectivity index (χ1v) is 13.1. The number of aromatic carboxylic acids is 1.